The molecule has 0 aliphatic carbocycles. The van der Waals surface area contributed by atoms with Gasteiger partial charge in [0.25, 0.3) is 5.91 Å². The molecule has 3 aromatic rings. The van der Waals surface area contributed by atoms with Crippen LogP contribution in [-0.4, -0.2) is 26.8 Å². The van der Waals surface area contributed by atoms with E-state index in [1.807, 2.05) is 54.8 Å². The van der Waals surface area contributed by atoms with E-state index in [2.05, 4.69) is 5.32 Å². The minimum atomic E-state index is -3.61. The van der Waals surface area contributed by atoms with Gasteiger partial charge in [-0.1, -0.05) is 48.5 Å². The van der Waals surface area contributed by atoms with Crippen LogP contribution in [0.4, 0.5) is 11.4 Å². The fraction of sp³-hybridized carbons (Fsp3) is 0.136. The molecule has 0 saturated heterocycles. The zero-order chi connectivity index (χ0) is 20.9. The van der Waals surface area contributed by atoms with Crippen molar-refractivity contribution >= 4 is 39.1 Å². The van der Waals surface area contributed by atoms with E-state index in [1.54, 1.807) is 42.1 Å². The molecule has 0 aromatic heterocycles. The van der Waals surface area contributed by atoms with Gasteiger partial charge in [-0.15, -0.1) is 11.8 Å². The van der Waals surface area contributed by atoms with Gasteiger partial charge in [0.1, 0.15) is 0 Å². The summed E-state index contributed by atoms with van der Waals surface area (Å²) in [5, 5.41) is 2.87. The smallest absolute Gasteiger partial charge is 0.257 e. The van der Waals surface area contributed by atoms with E-state index in [1.165, 1.54) is 4.31 Å². The number of para-hydroxylation sites is 1. The van der Waals surface area contributed by atoms with Crippen molar-refractivity contribution in [2.45, 2.75) is 11.4 Å². The van der Waals surface area contributed by atoms with E-state index < -0.39 is 10.0 Å². The highest BCUT2D eigenvalue weighted by Gasteiger charge is 2.23. The Balaban J connectivity index is 1.96. The fourth-order valence-corrected chi connectivity index (χ4v) is 4.27. The zero-order valence-electron chi connectivity index (χ0n) is 16.2. The van der Waals surface area contributed by atoms with Gasteiger partial charge in [-0.2, -0.15) is 0 Å². The van der Waals surface area contributed by atoms with Crippen LogP contribution < -0.4 is 9.62 Å². The van der Waals surface area contributed by atoms with Gasteiger partial charge in [0.05, 0.1) is 24.1 Å². The van der Waals surface area contributed by atoms with Crippen molar-refractivity contribution in [2.75, 3.05) is 22.1 Å². The predicted octanol–water partition coefficient (Wildman–Crippen LogP) is 4.63. The minimum absolute atomic E-state index is 0.145. The molecule has 0 heterocycles. The average molecular weight is 427 g/mol. The minimum Gasteiger partial charge on any atom is -0.322 e. The lowest BCUT2D eigenvalue weighted by atomic mass is 10.1. The van der Waals surface area contributed by atoms with E-state index in [-0.39, 0.29) is 12.5 Å². The van der Waals surface area contributed by atoms with Crippen molar-refractivity contribution in [2.24, 2.45) is 0 Å². The molecule has 0 fully saturated rings. The lowest BCUT2D eigenvalue weighted by Gasteiger charge is -2.24. The number of anilines is 2. The topological polar surface area (TPSA) is 66.5 Å². The van der Waals surface area contributed by atoms with Gasteiger partial charge in [-0.25, -0.2) is 8.42 Å². The van der Waals surface area contributed by atoms with Gasteiger partial charge in [0, 0.05) is 10.6 Å². The van der Waals surface area contributed by atoms with Crippen LogP contribution in [0.25, 0.3) is 0 Å². The molecule has 0 aliphatic heterocycles. The second-order valence-electron chi connectivity index (χ2n) is 6.46. The number of nitrogens with one attached hydrogen (secondary N) is 1. The Labute approximate surface area is 175 Å². The maximum atomic E-state index is 13.0. The van der Waals surface area contributed by atoms with Crippen LogP contribution in [0.15, 0.2) is 83.8 Å². The Bertz CT molecular complexity index is 1100. The Morgan fingerprint density at radius 2 is 1.66 bits per heavy atom. The van der Waals surface area contributed by atoms with Crippen LogP contribution >= 0.6 is 11.8 Å². The van der Waals surface area contributed by atoms with E-state index in [0.717, 1.165) is 16.7 Å². The summed E-state index contributed by atoms with van der Waals surface area (Å²) < 4.78 is 26.3. The molecule has 0 radical (unpaired) electrons. The fourth-order valence-electron chi connectivity index (χ4n) is 2.91. The van der Waals surface area contributed by atoms with Crippen LogP contribution in [0.1, 0.15) is 15.9 Å². The molecule has 1 amide bonds. The standard InChI is InChI=1S/C22H22N2O3S2/c1-28-19-12-8-11-18(15-19)23-22(25)20-13-6-7-14-21(20)24(29(2,26)27)16-17-9-4-3-5-10-17/h3-15H,16H2,1-2H3,(H,23,25). The molecule has 150 valence electrons. The summed E-state index contributed by atoms with van der Waals surface area (Å²) in [6, 6.07) is 23.5. The number of hydrogen-bond donors (Lipinski definition) is 1. The highest BCUT2D eigenvalue weighted by molar-refractivity contribution is 7.98. The molecule has 0 spiro atoms. The van der Waals surface area contributed by atoms with Crippen LogP contribution in [0.2, 0.25) is 0 Å². The number of nitrogens with zero attached hydrogens (tertiary/aromatic N) is 1. The molecule has 3 rings (SSSR count). The van der Waals surface area contributed by atoms with Crippen molar-refractivity contribution in [3.05, 3.63) is 90.0 Å². The quantitative estimate of drug-likeness (QED) is 0.560. The lowest BCUT2D eigenvalue weighted by molar-refractivity contribution is 0.102. The number of benzene rings is 3. The average Bonchev–Trinajstić information content (AvgIpc) is 2.72. The van der Waals surface area contributed by atoms with Crippen molar-refractivity contribution in [1.29, 1.82) is 0 Å². The van der Waals surface area contributed by atoms with Crippen molar-refractivity contribution in [1.82, 2.24) is 0 Å². The summed E-state index contributed by atoms with van der Waals surface area (Å²) in [7, 11) is -3.61. The second-order valence-corrected chi connectivity index (χ2v) is 9.24. The monoisotopic (exact) mass is 426 g/mol. The SMILES string of the molecule is CSc1cccc(NC(=O)c2ccccc2N(Cc2ccccc2)S(C)(=O)=O)c1. The molecule has 7 heteroatoms. The molecular weight excluding hydrogens is 404 g/mol. The molecule has 0 aliphatic rings. The Kier molecular flexibility index (Phi) is 6.61. The first-order valence-electron chi connectivity index (χ1n) is 8.94. The van der Waals surface area contributed by atoms with Gasteiger partial charge in [0.15, 0.2) is 0 Å². The summed E-state index contributed by atoms with van der Waals surface area (Å²) in [6.45, 7) is 0.145. The molecular formula is C22H22N2O3S2. The molecule has 1 N–H and O–H groups in total. The lowest BCUT2D eigenvalue weighted by Crippen LogP contribution is -2.31. The van der Waals surface area contributed by atoms with Gasteiger partial charge in [-0.3, -0.25) is 9.10 Å². The first kappa shape index (κ1) is 21.0. The maximum absolute atomic E-state index is 13.0. The Hall–Kier alpha value is -2.77. The third-order valence-electron chi connectivity index (χ3n) is 4.31. The number of rotatable bonds is 7. The van der Waals surface area contributed by atoms with Gasteiger partial charge >= 0.3 is 0 Å². The summed E-state index contributed by atoms with van der Waals surface area (Å²) in [5.41, 5.74) is 2.13. The largest absolute Gasteiger partial charge is 0.322 e. The third kappa shape index (κ3) is 5.40. The number of amides is 1. The molecule has 0 unspecified atom stereocenters. The van der Waals surface area contributed by atoms with Gasteiger partial charge in [-0.05, 0) is 42.2 Å². The number of carbonyl (C=O) groups is 1. The predicted molar refractivity (Wildman–Crippen MR) is 120 cm³/mol. The first-order valence-corrected chi connectivity index (χ1v) is 12.0. The summed E-state index contributed by atoms with van der Waals surface area (Å²) in [5.74, 6) is -0.361. The van der Waals surface area contributed by atoms with Gasteiger partial charge < -0.3 is 5.32 Å². The molecule has 29 heavy (non-hydrogen) atoms. The zero-order valence-corrected chi connectivity index (χ0v) is 17.8. The van der Waals surface area contributed by atoms with E-state index in [4.69, 9.17) is 0 Å². The van der Waals surface area contributed by atoms with E-state index in [9.17, 15) is 13.2 Å². The first-order chi connectivity index (χ1) is 13.9. The van der Waals surface area contributed by atoms with Crippen molar-refractivity contribution in [3.8, 4) is 0 Å². The summed E-state index contributed by atoms with van der Waals surface area (Å²) in [6.07, 6.45) is 3.11. The van der Waals surface area contributed by atoms with Crippen LogP contribution in [0.5, 0.6) is 0 Å². The van der Waals surface area contributed by atoms with E-state index >= 15 is 0 Å². The van der Waals surface area contributed by atoms with Crippen molar-refractivity contribution in [3.63, 3.8) is 0 Å². The number of carbonyl (C=O) groups excluding carboxylic acids is 1. The molecule has 0 atom stereocenters. The van der Waals surface area contributed by atoms with Crippen LogP contribution in [0.3, 0.4) is 0 Å². The molecule has 0 saturated carbocycles. The third-order valence-corrected chi connectivity index (χ3v) is 6.17. The van der Waals surface area contributed by atoms with Crippen molar-refractivity contribution < 1.29 is 13.2 Å². The second kappa shape index (κ2) is 9.15. The highest BCUT2D eigenvalue weighted by Crippen LogP contribution is 2.27. The molecule has 5 nitrogen and oxygen atoms in total. The molecule has 3 aromatic carbocycles. The Morgan fingerprint density at radius 3 is 2.34 bits per heavy atom. The maximum Gasteiger partial charge on any atom is 0.257 e. The number of hydrogen-bond acceptors (Lipinski definition) is 4. The number of thioether (sulfide) groups is 1. The summed E-state index contributed by atoms with van der Waals surface area (Å²) in [4.78, 5) is 14.0. The van der Waals surface area contributed by atoms with Crippen LogP contribution in [0, 0.1) is 0 Å². The summed E-state index contributed by atoms with van der Waals surface area (Å²) >= 11 is 1.58. The Morgan fingerprint density at radius 1 is 0.966 bits per heavy atom. The van der Waals surface area contributed by atoms with Crippen LogP contribution in [-0.2, 0) is 16.6 Å². The highest BCUT2D eigenvalue weighted by atomic mass is 32.2. The normalized spacial score (nSPS) is 11.1. The van der Waals surface area contributed by atoms with Gasteiger partial charge in [0.2, 0.25) is 10.0 Å². The number of sulfonamides is 1. The van der Waals surface area contributed by atoms with E-state index in [0.29, 0.717) is 16.9 Å². The molecule has 0 bridgehead atoms.